The van der Waals surface area contributed by atoms with Crippen molar-refractivity contribution in [2.24, 2.45) is 5.92 Å². The van der Waals surface area contributed by atoms with E-state index in [1.807, 2.05) is 0 Å². The third kappa shape index (κ3) is 5.33. The van der Waals surface area contributed by atoms with Crippen LogP contribution in [0.2, 0.25) is 0 Å². The first-order valence-corrected chi connectivity index (χ1v) is 8.16. The molecule has 1 aliphatic carbocycles. The van der Waals surface area contributed by atoms with Crippen molar-refractivity contribution < 1.29 is 19.2 Å². The van der Waals surface area contributed by atoms with E-state index in [-0.39, 0.29) is 18.3 Å². The van der Waals surface area contributed by atoms with Gasteiger partial charge in [0.15, 0.2) is 6.61 Å². The Labute approximate surface area is 140 Å². The summed E-state index contributed by atoms with van der Waals surface area (Å²) in [4.78, 5) is 33.7. The second-order valence-corrected chi connectivity index (χ2v) is 6.15. The van der Waals surface area contributed by atoms with Crippen LogP contribution in [0.15, 0.2) is 18.2 Å². The van der Waals surface area contributed by atoms with E-state index in [0.29, 0.717) is 23.6 Å². The number of esters is 1. The zero-order chi connectivity index (χ0) is 17.5. The Hall–Kier alpha value is -2.44. The highest BCUT2D eigenvalue weighted by Gasteiger charge is 2.17. The Bertz CT molecular complexity index is 623. The number of ether oxygens (including phenoxy) is 1. The van der Waals surface area contributed by atoms with Gasteiger partial charge in [-0.25, -0.2) is 0 Å². The highest BCUT2D eigenvalue weighted by atomic mass is 16.6. The molecule has 24 heavy (non-hydrogen) atoms. The smallest absolute Gasteiger partial charge is 0.306 e. The Balaban J connectivity index is 1.74. The normalized spacial score (nSPS) is 14.4. The van der Waals surface area contributed by atoms with Gasteiger partial charge in [-0.05, 0) is 30.9 Å². The van der Waals surface area contributed by atoms with E-state index in [9.17, 15) is 19.7 Å². The lowest BCUT2D eigenvalue weighted by Crippen LogP contribution is -2.21. The number of anilines is 1. The van der Waals surface area contributed by atoms with Crippen LogP contribution in [0.4, 0.5) is 11.4 Å². The van der Waals surface area contributed by atoms with E-state index >= 15 is 0 Å². The van der Waals surface area contributed by atoms with Crippen LogP contribution in [0.1, 0.15) is 44.1 Å². The van der Waals surface area contributed by atoms with Crippen molar-refractivity contribution in [1.82, 2.24) is 0 Å². The minimum absolute atomic E-state index is 0.0381. The fourth-order valence-corrected chi connectivity index (χ4v) is 2.93. The molecule has 7 nitrogen and oxygen atoms in total. The third-order valence-electron chi connectivity index (χ3n) is 4.29. The van der Waals surface area contributed by atoms with Gasteiger partial charge in [0.25, 0.3) is 11.6 Å². The second kappa shape index (κ2) is 8.42. The van der Waals surface area contributed by atoms with Crippen LogP contribution in [0.3, 0.4) is 0 Å². The number of rotatable bonds is 7. The van der Waals surface area contributed by atoms with E-state index in [2.05, 4.69) is 5.32 Å². The lowest BCUT2D eigenvalue weighted by Gasteiger charge is -2.10. The lowest BCUT2D eigenvalue weighted by atomic mass is 10.0. The van der Waals surface area contributed by atoms with Crippen molar-refractivity contribution in [3.8, 4) is 0 Å². The first-order chi connectivity index (χ1) is 11.5. The number of nitrogens with zero attached hydrogens (tertiary/aromatic N) is 1. The van der Waals surface area contributed by atoms with E-state index in [1.165, 1.54) is 43.9 Å². The van der Waals surface area contributed by atoms with Gasteiger partial charge in [-0.2, -0.15) is 0 Å². The SMILES string of the molecule is Cc1cc([N+](=O)[O-])ccc1NC(=O)COC(=O)CCC1CCCC1. The molecule has 1 aromatic rings. The Morgan fingerprint density at radius 2 is 2.04 bits per heavy atom. The summed E-state index contributed by atoms with van der Waals surface area (Å²) in [7, 11) is 0. The summed E-state index contributed by atoms with van der Waals surface area (Å²) in [5.74, 6) is -0.215. The highest BCUT2D eigenvalue weighted by molar-refractivity contribution is 5.93. The number of nitrogens with one attached hydrogen (secondary N) is 1. The molecular weight excluding hydrogens is 312 g/mol. The Morgan fingerprint density at radius 1 is 1.33 bits per heavy atom. The van der Waals surface area contributed by atoms with Crippen LogP contribution >= 0.6 is 0 Å². The third-order valence-corrected chi connectivity index (χ3v) is 4.29. The predicted molar refractivity (Wildman–Crippen MR) is 88.6 cm³/mol. The summed E-state index contributed by atoms with van der Waals surface area (Å²) in [5, 5.41) is 13.3. The van der Waals surface area contributed by atoms with Crippen molar-refractivity contribution in [3.05, 3.63) is 33.9 Å². The van der Waals surface area contributed by atoms with Crippen molar-refractivity contribution in [2.75, 3.05) is 11.9 Å². The van der Waals surface area contributed by atoms with Crippen molar-refractivity contribution in [2.45, 2.75) is 45.4 Å². The summed E-state index contributed by atoms with van der Waals surface area (Å²) in [6, 6.07) is 4.16. The van der Waals surface area contributed by atoms with Gasteiger partial charge in [-0.15, -0.1) is 0 Å². The van der Waals surface area contributed by atoms with Gasteiger partial charge in [-0.1, -0.05) is 25.7 Å². The molecule has 1 amide bonds. The summed E-state index contributed by atoms with van der Waals surface area (Å²) in [5.41, 5.74) is 1.00. The first kappa shape index (κ1) is 17.9. The molecule has 1 N–H and O–H groups in total. The molecule has 0 bridgehead atoms. The maximum atomic E-state index is 11.8. The first-order valence-electron chi connectivity index (χ1n) is 8.16. The number of nitro groups is 1. The Kier molecular flexibility index (Phi) is 6.28. The van der Waals surface area contributed by atoms with Crippen LogP contribution in [-0.2, 0) is 14.3 Å². The molecule has 0 aliphatic heterocycles. The molecule has 0 heterocycles. The van der Waals surface area contributed by atoms with E-state index in [0.717, 1.165) is 6.42 Å². The summed E-state index contributed by atoms with van der Waals surface area (Å²) >= 11 is 0. The van der Waals surface area contributed by atoms with Crippen molar-refractivity contribution in [1.29, 1.82) is 0 Å². The quantitative estimate of drug-likeness (QED) is 0.468. The van der Waals surface area contributed by atoms with Gasteiger partial charge in [0.05, 0.1) is 4.92 Å². The largest absolute Gasteiger partial charge is 0.456 e. The van der Waals surface area contributed by atoms with E-state index < -0.39 is 10.8 Å². The number of non-ortho nitro benzene ring substituents is 1. The number of amides is 1. The van der Waals surface area contributed by atoms with Crippen molar-refractivity contribution >= 4 is 23.3 Å². The second-order valence-electron chi connectivity index (χ2n) is 6.15. The molecule has 0 atom stereocenters. The van der Waals surface area contributed by atoms with Gasteiger partial charge >= 0.3 is 5.97 Å². The molecule has 2 rings (SSSR count). The van der Waals surface area contributed by atoms with Gasteiger partial charge in [0.2, 0.25) is 0 Å². The van der Waals surface area contributed by atoms with Crippen molar-refractivity contribution in [3.63, 3.8) is 0 Å². The predicted octanol–water partition coefficient (Wildman–Crippen LogP) is 3.36. The number of aryl methyl sites for hydroxylation is 1. The van der Waals surface area contributed by atoms with Gasteiger partial charge < -0.3 is 10.1 Å². The van der Waals surface area contributed by atoms with E-state index in [4.69, 9.17) is 4.74 Å². The maximum absolute atomic E-state index is 11.8. The van der Waals surface area contributed by atoms with Crippen LogP contribution in [0.25, 0.3) is 0 Å². The number of hydrogen-bond acceptors (Lipinski definition) is 5. The zero-order valence-corrected chi connectivity index (χ0v) is 13.7. The van der Waals surface area contributed by atoms with E-state index in [1.54, 1.807) is 6.92 Å². The molecule has 1 aliphatic rings. The van der Waals surface area contributed by atoms with Crippen LogP contribution in [-0.4, -0.2) is 23.4 Å². The number of nitro benzene ring substituents is 1. The van der Waals surface area contributed by atoms with Crippen LogP contribution < -0.4 is 5.32 Å². The van der Waals surface area contributed by atoms with Gasteiger partial charge in [0.1, 0.15) is 0 Å². The number of hydrogen-bond donors (Lipinski definition) is 1. The topological polar surface area (TPSA) is 98.5 Å². The molecular formula is C17H22N2O5. The van der Waals surface area contributed by atoms with Crippen LogP contribution in [0, 0.1) is 23.0 Å². The molecule has 1 aromatic carbocycles. The summed E-state index contributed by atoms with van der Waals surface area (Å²) < 4.78 is 4.98. The monoisotopic (exact) mass is 334 g/mol. The Morgan fingerprint density at radius 3 is 2.67 bits per heavy atom. The zero-order valence-electron chi connectivity index (χ0n) is 13.7. The molecule has 0 spiro atoms. The lowest BCUT2D eigenvalue weighted by molar-refractivity contribution is -0.384. The number of benzene rings is 1. The molecule has 7 heteroatoms. The van der Waals surface area contributed by atoms with Crippen LogP contribution in [0.5, 0.6) is 0 Å². The standard InChI is InChI=1S/C17H22N2O5/c1-12-10-14(19(22)23)7-8-15(12)18-16(20)11-24-17(21)9-6-13-4-2-3-5-13/h7-8,10,13H,2-6,9,11H2,1H3,(H,18,20). The highest BCUT2D eigenvalue weighted by Crippen LogP contribution is 2.28. The minimum Gasteiger partial charge on any atom is -0.456 e. The molecule has 0 aromatic heterocycles. The summed E-state index contributed by atoms with van der Waals surface area (Å²) in [6.07, 6.45) is 5.98. The molecule has 1 saturated carbocycles. The molecule has 1 fully saturated rings. The molecule has 0 saturated heterocycles. The number of carbonyl (C=O) groups excluding carboxylic acids is 2. The molecule has 0 radical (unpaired) electrons. The average Bonchev–Trinajstić information content (AvgIpc) is 3.06. The molecule has 130 valence electrons. The fraction of sp³-hybridized carbons (Fsp3) is 0.529. The van der Waals surface area contributed by atoms with Gasteiger partial charge in [0, 0.05) is 24.2 Å². The molecule has 0 unspecified atom stereocenters. The minimum atomic E-state index is -0.495. The summed E-state index contributed by atoms with van der Waals surface area (Å²) in [6.45, 7) is 1.32. The average molecular weight is 334 g/mol. The van der Waals surface area contributed by atoms with Gasteiger partial charge in [-0.3, -0.25) is 19.7 Å². The maximum Gasteiger partial charge on any atom is 0.306 e. The fourth-order valence-electron chi connectivity index (χ4n) is 2.93. The number of carbonyl (C=O) groups is 2.